The van der Waals surface area contributed by atoms with E-state index >= 15 is 0 Å². The molecule has 0 bridgehead atoms. The van der Waals surface area contributed by atoms with Gasteiger partial charge in [0.25, 0.3) is 0 Å². The summed E-state index contributed by atoms with van der Waals surface area (Å²) in [6.45, 7) is 25.6. The van der Waals surface area contributed by atoms with Crippen LogP contribution in [0.4, 0.5) is 0 Å². The number of hydrogen-bond acceptors (Lipinski definition) is 7. The van der Waals surface area contributed by atoms with Crippen LogP contribution >= 0.6 is 0 Å². The van der Waals surface area contributed by atoms with E-state index in [9.17, 15) is 9.59 Å². The Morgan fingerprint density at radius 1 is 0.833 bits per heavy atom. The molecule has 7 heteroatoms. The SMILES string of the molecule is C=C(C)[C@@H]1CC[C@]2(COC(=O)c3nc(C)c(C)nc3C)CC[C@]3(C)[C@H](CC[C@@H]4[C@@]5(C)CC[C@H](OC(=O)[C@@H](N)Cc6ccccc6)C(C)(C)[C@@H]5CC[C@]43C)[C@@H]12. The van der Waals surface area contributed by atoms with Gasteiger partial charge in [-0.1, -0.05) is 77.1 Å². The molecule has 11 atom stereocenters. The van der Waals surface area contributed by atoms with Gasteiger partial charge in [-0.2, -0.15) is 0 Å². The summed E-state index contributed by atoms with van der Waals surface area (Å²) < 4.78 is 12.7. The van der Waals surface area contributed by atoms with Crippen molar-refractivity contribution >= 4 is 11.9 Å². The smallest absolute Gasteiger partial charge is 0.358 e. The first-order valence-corrected chi connectivity index (χ1v) is 21.0. The average molecular weight is 738 g/mol. The number of carbonyl (C=O) groups excluding carboxylic acids is 2. The van der Waals surface area contributed by atoms with Gasteiger partial charge in [-0.25, -0.2) is 9.78 Å². The number of benzene rings is 1. The van der Waals surface area contributed by atoms with Crippen molar-refractivity contribution < 1.29 is 19.1 Å². The van der Waals surface area contributed by atoms with E-state index in [0.29, 0.717) is 54.0 Å². The van der Waals surface area contributed by atoms with Gasteiger partial charge in [0, 0.05) is 10.8 Å². The summed E-state index contributed by atoms with van der Waals surface area (Å²) in [4.78, 5) is 36.2. The predicted molar refractivity (Wildman–Crippen MR) is 213 cm³/mol. The van der Waals surface area contributed by atoms with Crippen molar-refractivity contribution in [3.05, 3.63) is 70.8 Å². The van der Waals surface area contributed by atoms with Gasteiger partial charge in [-0.15, -0.1) is 0 Å². The number of esters is 2. The minimum Gasteiger partial charge on any atom is -0.461 e. The fourth-order valence-electron chi connectivity index (χ4n) is 14.1. The van der Waals surface area contributed by atoms with E-state index < -0.39 is 6.04 Å². The highest BCUT2D eigenvalue weighted by Crippen LogP contribution is 2.77. The van der Waals surface area contributed by atoms with Crippen molar-refractivity contribution in [2.24, 2.45) is 62.4 Å². The third kappa shape index (κ3) is 6.09. The summed E-state index contributed by atoms with van der Waals surface area (Å²) in [6.07, 6.45) is 11.5. The topological polar surface area (TPSA) is 104 Å². The molecule has 2 N–H and O–H groups in total. The van der Waals surface area contributed by atoms with Gasteiger partial charge >= 0.3 is 11.9 Å². The predicted octanol–water partition coefficient (Wildman–Crippen LogP) is 9.70. The Balaban J connectivity index is 1.11. The van der Waals surface area contributed by atoms with Crippen molar-refractivity contribution in [3.8, 4) is 0 Å². The van der Waals surface area contributed by atoms with Crippen molar-refractivity contribution in [1.29, 1.82) is 0 Å². The first kappa shape index (κ1) is 39.2. The largest absolute Gasteiger partial charge is 0.461 e. The second kappa shape index (κ2) is 13.8. The zero-order valence-corrected chi connectivity index (χ0v) is 34.7. The van der Waals surface area contributed by atoms with Gasteiger partial charge < -0.3 is 15.2 Å². The second-order valence-corrected chi connectivity index (χ2v) is 20.0. The minimum absolute atomic E-state index is 0.0415. The number of nitrogens with two attached hydrogens (primary N) is 1. The Kier molecular flexibility index (Phi) is 10.0. The Hall–Kier alpha value is -3.06. The normalized spacial score (nSPS) is 38.6. The maximum Gasteiger partial charge on any atom is 0.358 e. The van der Waals surface area contributed by atoms with Crippen molar-refractivity contribution in [1.82, 2.24) is 9.97 Å². The summed E-state index contributed by atoms with van der Waals surface area (Å²) in [5.41, 5.74) is 11.7. The number of fused-ring (bicyclic) bond motifs is 7. The van der Waals surface area contributed by atoms with Crippen molar-refractivity contribution in [3.63, 3.8) is 0 Å². The number of rotatable bonds is 8. The van der Waals surface area contributed by atoms with E-state index in [1.807, 2.05) is 51.1 Å². The van der Waals surface area contributed by atoms with Crippen LogP contribution in [0.2, 0.25) is 0 Å². The molecule has 5 aliphatic carbocycles. The van der Waals surface area contributed by atoms with Gasteiger partial charge in [0.1, 0.15) is 12.1 Å². The van der Waals surface area contributed by atoms with Gasteiger partial charge in [0.2, 0.25) is 0 Å². The molecule has 54 heavy (non-hydrogen) atoms. The number of aromatic nitrogens is 2. The number of ether oxygens (including phenoxy) is 2. The molecule has 294 valence electrons. The number of carbonyl (C=O) groups is 2. The van der Waals surface area contributed by atoms with Crippen molar-refractivity contribution in [2.45, 2.75) is 145 Å². The molecule has 1 aromatic heterocycles. The van der Waals surface area contributed by atoms with Crippen LogP contribution in [-0.4, -0.2) is 40.7 Å². The molecule has 0 aliphatic heterocycles. The second-order valence-electron chi connectivity index (χ2n) is 20.0. The summed E-state index contributed by atoms with van der Waals surface area (Å²) in [5.74, 6) is 1.90. The molecule has 0 amide bonds. The quantitative estimate of drug-likeness (QED) is 0.213. The molecule has 5 aliphatic rings. The molecule has 0 saturated heterocycles. The maximum absolute atomic E-state index is 13.6. The lowest BCUT2D eigenvalue weighted by atomic mass is 9.32. The van der Waals surface area contributed by atoms with Crippen LogP contribution in [0.3, 0.4) is 0 Å². The molecule has 7 rings (SSSR count). The highest BCUT2D eigenvalue weighted by Gasteiger charge is 2.71. The Bertz CT molecular complexity index is 1790. The zero-order valence-electron chi connectivity index (χ0n) is 34.7. The van der Waals surface area contributed by atoms with E-state index in [1.54, 1.807) is 0 Å². The molecule has 0 unspecified atom stereocenters. The standard InChI is InChI=1S/C47H67N3O4/c1-28(2)33-18-23-47(27-53-42(52)40-31(5)49-29(3)30(4)50-40)25-24-45(9)34(39(33)47)16-17-37-44(8)21-20-38(43(6,7)36(44)19-22-46(37,45)10)54-41(51)35(48)26-32-14-12-11-13-15-32/h11-15,33-39H,1,16-27,48H2,2-10H3/t33-,34+,35-,36-,37+,38-,39+,44-,45+,46+,47+/m0/s1. The van der Waals surface area contributed by atoms with Crippen LogP contribution in [0.25, 0.3) is 0 Å². The Morgan fingerprint density at radius 2 is 1.54 bits per heavy atom. The molecule has 0 spiro atoms. The van der Waals surface area contributed by atoms with Crippen LogP contribution < -0.4 is 5.73 Å². The van der Waals surface area contributed by atoms with E-state index in [1.165, 1.54) is 24.8 Å². The van der Waals surface area contributed by atoms with E-state index in [2.05, 4.69) is 58.1 Å². The average Bonchev–Trinajstić information content (AvgIpc) is 3.51. The number of nitrogens with zero attached hydrogens (tertiary/aromatic N) is 2. The first-order chi connectivity index (χ1) is 25.4. The number of allylic oxidation sites excluding steroid dienone is 1. The van der Waals surface area contributed by atoms with Gasteiger partial charge in [0.05, 0.1) is 23.7 Å². The fourth-order valence-corrected chi connectivity index (χ4v) is 14.1. The van der Waals surface area contributed by atoms with Gasteiger partial charge in [-0.3, -0.25) is 9.78 Å². The highest BCUT2D eigenvalue weighted by molar-refractivity contribution is 5.88. The molecular weight excluding hydrogens is 671 g/mol. The molecule has 1 heterocycles. The Morgan fingerprint density at radius 3 is 2.24 bits per heavy atom. The summed E-state index contributed by atoms with van der Waals surface area (Å²) in [6, 6.07) is 9.34. The van der Waals surface area contributed by atoms with E-state index in [4.69, 9.17) is 15.2 Å². The molecule has 5 saturated carbocycles. The molecule has 1 aromatic carbocycles. The molecular formula is C47H67N3O4. The summed E-state index contributed by atoms with van der Waals surface area (Å²) in [7, 11) is 0. The lowest BCUT2D eigenvalue weighted by molar-refractivity contribution is -0.251. The Labute approximate surface area is 325 Å². The van der Waals surface area contributed by atoms with E-state index in [0.717, 1.165) is 61.9 Å². The summed E-state index contributed by atoms with van der Waals surface area (Å²) >= 11 is 0. The number of aryl methyl sites for hydroxylation is 3. The van der Waals surface area contributed by atoms with Crippen LogP contribution in [0.15, 0.2) is 42.5 Å². The third-order valence-corrected chi connectivity index (χ3v) is 17.2. The lowest BCUT2D eigenvalue weighted by Gasteiger charge is -2.73. The monoisotopic (exact) mass is 738 g/mol. The van der Waals surface area contributed by atoms with Crippen LogP contribution in [0.1, 0.15) is 139 Å². The van der Waals surface area contributed by atoms with Crippen LogP contribution in [-0.2, 0) is 20.7 Å². The maximum atomic E-state index is 13.6. The van der Waals surface area contributed by atoms with E-state index in [-0.39, 0.29) is 45.1 Å². The van der Waals surface area contributed by atoms with Crippen LogP contribution in [0, 0.1) is 77.4 Å². The fraction of sp³-hybridized carbons (Fsp3) is 0.702. The number of hydrogen-bond donors (Lipinski definition) is 1. The van der Waals surface area contributed by atoms with Crippen molar-refractivity contribution in [2.75, 3.05) is 6.61 Å². The lowest BCUT2D eigenvalue weighted by Crippen LogP contribution is -2.67. The molecule has 5 fully saturated rings. The third-order valence-electron chi connectivity index (χ3n) is 17.2. The minimum atomic E-state index is -0.661. The molecule has 2 aromatic rings. The first-order valence-electron chi connectivity index (χ1n) is 21.0. The summed E-state index contributed by atoms with van der Waals surface area (Å²) in [5, 5.41) is 0. The van der Waals surface area contributed by atoms with Gasteiger partial charge in [0.15, 0.2) is 5.69 Å². The molecule has 7 nitrogen and oxygen atoms in total. The zero-order chi connectivity index (χ0) is 39.0. The van der Waals surface area contributed by atoms with Gasteiger partial charge in [-0.05, 0) is 150 Å². The highest BCUT2D eigenvalue weighted by atomic mass is 16.5. The van der Waals surface area contributed by atoms with Crippen LogP contribution in [0.5, 0.6) is 0 Å². The molecule has 0 radical (unpaired) electrons.